The van der Waals surface area contributed by atoms with Gasteiger partial charge in [-0.25, -0.2) is 13.8 Å². The number of hydrogen-bond donors (Lipinski definition) is 1. The van der Waals surface area contributed by atoms with Crippen LogP contribution in [0.3, 0.4) is 0 Å². The van der Waals surface area contributed by atoms with Gasteiger partial charge in [0.2, 0.25) is 0 Å². The van der Waals surface area contributed by atoms with Gasteiger partial charge in [-0.1, -0.05) is 6.07 Å². The highest BCUT2D eigenvalue weighted by atomic mass is 32.1. The molecule has 1 aromatic heterocycles. The van der Waals surface area contributed by atoms with Crippen LogP contribution in [0.4, 0.5) is 8.78 Å². The first-order valence-corrected chi connectivity index (χ1v) is 6.10. The topological polar surface area (TPSA) is 42.4 Å². The van der Waals surface area contributed by atoms with Crippen LogP contribution in [0.5, 0.6) is 0 Å². The van der Waals surface area contributed by atoms with Crippen LogP contribution in [-0.4, -0.2) is 10.1 Å². The van der Waals surface area contributed by atoms with E-state index < -0.39 is 23.5 Å². The van der Waals surface area contributed by atoms with E-state index in [-0.39, 0.29) is 6.61 Å². The van der Waals surface area contributed by atoms with Crippen molar-refractivity contribution in [2.24, 2.45) is 0 Å². The monoisotopic (exact) mass is 271 g/mol. The summed E-state index contributed by atoms with van der Waals surface area (Å²) in [5.41, 5.74) is 0.137. The van der Waals surface area contributed by atoms with Crippen LogP contribution in [0.1, 0.15) is 22.6 Å². The van der Waals surface area contributed by atoms with Gasteiger partial charge in [-0.05, 0) is 19.1 Å². The van der Waals surface area contributed by atoms with Crippen molar-refractivity contribution in [2.45, 2.75) is 19.8 Å². The van der Waals surface area contributed by atoms with Crippen molar-refractivity contribution < 1.29 is 18.6 Å². The first kappa shape index (κ1) is 13.1. The van der Waals surface area contributed by atoms with E-state index >= 15 is 0 Å². The summed E-state index contributed by atoms with van der Waals surface area (Å²) in [6.45, 7) is 1.83. The number of hydrogen-bond acceptors (Lipinski definition) is 4. The lowest BCUT2D eigenvalue weighted by Gasteiger charge is -2.12. The summed E-state index contributed by atoms with van der Waals surface area (Å²) in [4.78, 5) is 4.12. The molecule has 6 heteroatoms. The first-order chi connectivity index (χ1) is 8.58. The quantitative estimate of drug-likeness (QED) is 0.869. The van der Waals surface area contributed by atoms with Gasteiger partial charge in [-0.15, -0.1) is 11.3 Å². The molecule has 1 atom stereocenters. The van der Waals surface area contributed by atoms with Crippen molar-refractivity contribution in [2.75, 3.05) is 0 Å². The molecule has 0 bridgehead atoms. The molecular weight excluding hydrogens is 260 g/mol. The van der Waals surface area contributed by atoms with E-state index in [0.29, 0.717) is 5.69 Å². The number of ether oxygens (including phenoxy) is 1. The zero-order valence-corrected chi connectivity index (χ0v) is 10.4. The smallest absolute Gasteiger partial charge is 0.187 e. The van der Waals surface area contributed by atoms with Crippen molar-refractivity contribution in [1.82, 2.24) is 4.98 Å². The Morgan fingerprint density at radius 3 is 2.61 bits per heavy atom. The molecule has 1 unspecified atom stereocenters. The zero-order chi connectivity index (χ0) is 13.1. The number of rotatable bonds is 4. The lowest BCUT2D eigenvalue weighted by atomic mass is 10.2. The molecule has 0 aliphatic carbocycles. The SMILES string of the molecule is Cc1nc(COC(O)c2c(F)cccc2F)cs1. The number of aryl methyl sites for hydroxylation is 1. The van der Waals surface area contributed by atoms with Gasteiger partial charge in [0, 0.05) is 5.38 Å². The molecule has 1 aromatic carbocycles. The maximum absolute atomic E-state index is 13.3. The molecule has 0 spiro atoms. The normalized spacial score (nSPS) is 12.7. The molecule has 0 saturated heterocycles. The largest absolute Gasteiger partial charge is 0.364 e. The highest BCUT2D eigenvalue weighted by Gasteiger charge is 2.18. The van der Waals surface area contributed by atoms with Crippen LogP contribution in [0.25, 0.3) is 0 Å². The number of nitrogens with zero attached hydrogens (tertiary/aromatic N) is 1. The van der Waals surface area contributed by atoms with Crippen LogP contribution in [0.2, 0.25) is 0 Å². The van der Waals surface area contributed by atoms with Gasteiger partial charge in [-0.3, -0.25) is 0 Å². The van der Waals surface area contributed by atoms with Gasteiger partial charge in [0.05, 0.1) is 22.9 Å². The fraction of sp³-hybridized carbons (Fsp3) is 0.250. The maximum atomic E-state index is 13.3. The molecule has 18 heavy (non-hydrogen) atoms. The second-order valence-corrected chi connectivity index (χ2v) is 4.72. The fourth-order valence-corrected chi connectivity index (χ4v) is 2.07. The van der Waals surface area contributed by atoms with E-state index in [4.69, 9.17) is 4.74 Å². The fourth-order valence-electron chi connectivity index (χ4n) is 1.47. The molecule has 0 aliphatic heterocycles. The molecule has 0 aliphatic rings. The Hall–Kier alpha value is -1.37. The van der Waals surface area contributed by atoms with E-state index in [9.17, 15) is 13.9 Å². The minimum Gasteiger partial charge on any atom is -0.364 e. The van der Waals surface area contributed by atoms with Gasteiger partial charge in [-0.2, -0.15) is 0 Å². The molecule has 96 valence electrons. The van der Waals surface area contributed by atoms with Crippen LogP contribution in [0.15, 0.2) is 23.6 Å². The molecule has 0 saturated carbocycles. The summed E-state index contributed by atoms with van der Waals surface area (Å²) < 4.78 is 31.7. The van der Waals surface area contributed by atoms with Crippen molar-refractivity contribution in [1.29, 1.82) is 0 Å². The van der Waals surface area contributed by atoms with E-state index in [1.54, 1.807) is 5.38 Å². The lowest BCUT2D eigenvalue weighted by molar-refractivity contribution is -0.116. The number of halogens is 2. The minimum absolute atomic E-state index is 0.000713. The summed E-state index contributed by atoms with van der Waals surface area (Å²) in [5, 5.41) is 12.2. The summed E-state index contributed by atoms with van der Waals surface area (Å²) in [5.74, 6) is -1.67. The Labute approximate surface area is 107 Å². The van der Waals surface area contributed by atoms with Crippen LogP contribution in [0, 0.1) is 18.6 Å². The Morgan fingerprint density at radius 1 is 1.39 bits per heavy atom. The van der Waals surface area contributed by atoms with Gasteiger partial charge >= 0.3 is 0 Å². The van der Waals surface area contributed by atoms with Crippen molar-refractivity contribution in [3.05, 3.63) is 51.5 Å². The third kappa shape index (κ3) is 2.90. The van der Waals surface area contributed by atoms with E-state index in [1.807, 2.05) is 6.92 Å². The lowest BCUT2D eigenvalue weighted by Crippen LogP contribution is -2.08. The molecule has 2 rings (SSSR count). The van der Waals surface area contributed by atoms with Crippen molar-refractivity contribution >= 4 is 11.3 Å². The van der Waals surface area contributed by atoms with Gasteiger partial charge in [0.25, 0.3) is 0 Å². The molecule has 1 N–H and O–H groups in total. The second kappa shape index (κ2) is 5.51. The summed E-state index contributed by atoms with van der Waals surface area (Å²) in [7, 11) is 0. The molecular formula is C12H11F2NO2S. The number of aliphatic hydroxyl groups is 1. The highest BCUT2D eigenvalue weighted by Crippen LogP contribution is 2.22. The average molecular weight is 271 g/mol. The average Bonchev–Trinajstić information content (AvgIpc) is 2.72. The van der Waals surface area contributed by atoms with Crippen LogP contribution in [-0.2, 0) is 11.3 Å². The van der Waals surface area contributed by atoms with E-state index in [1.165, 1.54) is 17.4 Å². The van der Waals surface area contributed by atoms with Gasteiger partial charge in [0.15, 0.2) is 6.29 Å². The number of aliphatic hydroxyl groups excluding tert-OH is 1. The zero-order valence-electron chi connectivity index (χ0n) is 9.56. The van der Waals surface area contributed by atoms with Crippen molar-refractivity contribution in [3.8, 4) is 0 Å². The van der Waals surface area contributed by atoms with E-state index in [0.717, 1.165) is 17.1 Å². The molecule has 1 heterocycles. The number of benzene rings is 1. The van der Waals surface area contributed by atoms with E-state index in [2.05, 4.69) is 4.98 Å². The predicted molar refractivity (Wildman–Crippen MR) is 63.0 cm³/mol. The summed E-state index contributed by atoms with van der Waals surface area (Å²) in [6, 6.07) is 3.36. The Morgan fingerprint density at radius 2 is 2.06 bits per heavy atom. The number of thiazole rings is 1. The first-order valence-electron chi connectivity index (χ1n) is 5.22. The Kier molecular flexibility index (Phi) is 4.00. The molecule has 3 nitrogen and oxygen atoms in total. The minimum atomic E-state index is -1.65. The standard InChI is InChI=1S/C12H11F2NO2S/c1-7-15-8(6-18-7)5-17-12(16)11-9(13)3-2-4-10(11)14/h2-4,6,12,16H,5H2,1H3. The molecule has 2 aromatic rings. The summed E-state index contributed by atoms with van der Waals surface area (Å²) in [6.07, 6.45) is -1.65. The van der Waals surface area contributed by atoms with Crippen molar-refractivity contribution in [3.63, 3.8) is 0 Å². The van der Waals surface area contributed by atoms with Crippen LogP contribution < -0.4 is 0 Å². The highest BCUT2D eigenvalue weighted by molar-refractivity contribution is 7.09. The van der Waals surface area contributed by atoms with Gasteiger partial charge in [0.1, 0.15) is 11.6 Å². The third-order valence-corrected chi connectivity index (χ3v) is 3.12. The Bertz CT molecular complexity index is 524. The number of aromatic nitrogens is 1. The molecule has 0 amide bonds. The molecule has 0 fully saturated rings. The van der Waals surface area contributed by atoms with Gasteiger partial charge < -0.3 is 9.84 Å². The molecule has 0 radical (unpaired) electrons. The Balaban J connectivity index is 2.06. The van der Waals surface area contributed by atoms with Crippen LogP contribution >= 0.6 is 11.3 Å². The second-order valence-electron chi connectivity index (χ2n) is 3.66. The predicted octanol–water partition coefficient (Wildman–Crippen LogP) is 2.94. The maximum Gasteiger partial charge on any atom is 0.187 e. The third-order valence-electron chi connectivity index (χ3n) is 2.30. The summed E-state index contributed by atoms with van der Waals surface area (Å²) >= 11 is 1.44.